The lowest BCUT2D eigenvalue weighted by molar-refractivity contribution is -0.138. The van der Waals surface area contributed by atoms with Crippen LogP contribution in [0.25, 0.3) is 5.69 Å². The maximum atomic E-state index is 13.8. The third kappa shape index (κ3) is 5.05. The zero-order chi connectivity index (χ0) is 23.8. The van der Waals surface area contributed by atoms with Crippen molar-refractivity contribution in [3.63, 3.8) is 0 Å². The first-order chi connectivity index (χ1) is 15.6. The third-order valence-corrected chi connectivity index (χ3v) is 6.27. The van der Waals surface area contributed by atoms with Crippen molar-refractivity contribution >= 4 is 29.3 Å². The van der Waals surface area contributed by atoms with E-state index in [0.717, 1.165) is 16.7 Å². The molecule has 2 heterocycles. The molecular weight excluding hydrogens is 453 g/mol. The lowest BCUT2D eigenvalue weighted by Crippen LogP contribution is -2.25. The van der Waals surface area contributed by atoms with Gasteiger partial charge in [0.05, 0.1) is 22.6 Å². The van der Waals surface area contributed by atoms with Crippen molar-refractivity contribution in [2.24, 2.45) is 0 Å². The molecule has 0 aliphatic carbocycles. The van der Waals surface area contributed by atoms with E-state index in [-0.39, 0.29) is 23.6 Å². The van der Waals surface area contributed by atoms with E-state index in [1.807, 2.05) is 0 Å². The number of halogens is 3. The van der Waals surface area contributed by atoms with Crippen molar-refractivity contribution in [2.45, 2.75) is 37.9 Å². The topological polar surface area (TPSA) is 76.0 Å². The number of amides is 2. The fourth-order valence-corrected chi connectivity index (χ4v) is 4.58. The van der Waals surface area contributed by atoms with E-state index in [1.54, 1.807) is 38.1 Å². The van der Waals surface area contributed by atoms with E-state index in [9.17, 15) is 22.8 Å². The molecular formula is C23H21F3N4O2S. The summed E-state index contributed by atoms with van der Waals surface area (Å²) in [7, 11) is 0. The summed E-state index contributed by atoms with van der Waals surface area (Å²) in [5.74, 6) is -0.0357. The van der Waals surface area contributed by atoms with Crippen LogP contribution in [0.3, 0.4) is 0 Å². The van der Waals surface area contributed by atoms with Crippen LogP contribution in [-0.4, -0.2) is 27.3 Å². The second-order valence-corrected chi connectivity index (χ2v) is 8.86. The van der Waals surface area contributed by atoms with Crippen molar-refractivity contribution in [1.29, 1.82) is 0 Å². The number of anilines is 1. The molecule has 1 aromatic heterocycles. The Labute approximate surface area is 192 Å². The Bertz CT molecular complexity index is 1240. The number of carbonyl (C=O) groups excluding carboxylic acids is 2. The highest BCUT2D eigenvalue weighted by molar-refractivity contribution is 7.99. The molecule has 2 aromatic carbocycles. The zero-order valence-electron chi connectivity index (χ0n) is 17.9. The van der Waals surface area contributed by atoms with Gasteiger partial charge in [0.25, 0.3) is 5.91 Å². The molecule has 0 unspecified atom stereocenters. The van der Waals surface area contributed by atoms with Gasteiger partial charge in [-0.25, -0.2) is 4.68 Å². The lowest BCUT2D eigenvalue weighted by atomic mass is 10.1. The fourth-order valence-electron chi connectivity index (χ4n) is 3.64. The Morgan fingerprint density at radius 1 is 1.18 bits per heavy atom. The minimum Gasteiger partial charge on any atom is -0.348 e. The van der Waals surface area contributed by atoms with Crippen molar-refractivity contribution in [1.82, 2.24) is 15.1 Å². The minimum absolute atomic E-state index is 0.0558. The first kappa shape index (κ1) is 22.9. The van der Waals surface area contributed by atoms with Gasteiger partial charge in [0, 0.05) is 34.9 Å². The fraction of sp³-hybridized carbons (Fsp3) is 0.261. The molecule has 0 radical (unpaired) electrons. The van der Waals surface area contributed by atoms with Crippen LogP contribution in [-0.2, 0) is 17.5 Å². The molecule has 4 rings (SSSR count). The quantitative estimate of drug-likeness (QED) is 0.566. The molecule has 1 aliphatic heterocycles. The number of alkyl halides is 3. The maximum Gasteiger partial charge on any atom is 0.416 e. The number of hydrogen-bond donors (Lipinski definition) is 2. The number of aromatic nitrogens is 2. The number of thioether (sulfide) groups is 1. The molecule has 0 bridgehead atoms. The van der Waals surface area contributed by atoms with E-state index in [4.69, 9.17) is 0 Å². The second-order valence-electron chi connectivity index (χ2n) is 7.72. The Balaban J connectivity index is 1.56. The number of carbonyl (C=O) groups is 2. The number of benzene rings is 2. The largest absolute Gasteiger partial charge is 0.416 e. The molecule has 0 saturated heterocycles. The van der Waals surface area contributed by atoms with E-state index in [1.165, 1.54) is 28.6 Å². The maximum absolute atomic E-state index is 13.8. The normalized spacial score (nSPS) is 13.8. The summed E-state index contributed by atoms with van der Waals surface area (Å²) < 4.78 is 42.8. The Hall–Kier alpha value is -3.27. The number of hydrogen-bond acceptors (Lipinski definition) is 4. The van der Waals surface area contributed by atoms with E-state index < -0.39 is 17.6 Å². The van der Waals surface area contributed by atoms with Gasteiger partial charge >= 0.3 is 6.18 Å². The Morgan fingerprint density at radius 3 is 2.67 bits per heavy atom. The van der Waals surface area contributed by atoms with Gasteiger partial charge in [-0.15, -0.1) is 11.8 Å². The molecule has 0 fully saturated rings. The summed E-state index contributed by atoms with van der Waals surface area (Å²) >= 11 is 1.50. The zero-order valence-corrected chi connectivity index (χ0v) is 18.7. The highest BCUT2D eigenvalue weighted by atomic mass is 32.2. The van der Waals surface area contributed by atoms with Gasteiger partial charge in [-0.2, -0.15) is 18.3 Å². The number of rotatable bonds is 4. The van der Waals surface area contributed by atoms with Crippen LogP contribution in [0.5, 0.6) is 0 Å². The summed E-state index contributed by atoms with van der Waals surface area (Å²) in [5.41, 5.74) is 1.60. The number of aryl methyl sites for hydroxylation is 2. The summed E-state index contributed by atoms with van der Waals surface area (Å²) in [4.78, 5) is 25.3. The molecule has 2 N–H and O–H groups in total. The summed E-state index contributed by atoms with van der Waals surface area (Å²) in [6.07, 6.45) is -4.23. The van der Waals surface area contributed by atoms with Crippen LogP contribution in [0.2, 0.25) is 0 Å². The SMILES string of the molecule is Cc1cc(C)n(-c2ccc(CNC(=O)c3ccc4c(c3)NC(=O)CCS4)c(C(F)(F)F)c2)n1. The molecule has 10 heteroatoms. The smallest absolute Gasteiger partial charge is 0.348 e. The van der Waals surface area contributed by atoms with Gasteiger partial charge in [0.1, 0.15) is 0 Å². The summed E-state index contributed by atoms with van der Waals surface area (Å²) in [6.45, 7) is 3.23. The molecule has 2 amide bonds. The molecule has 33 heavy (non-hydrogen) atoms. The predicted octanol–water partition coefficient (Wildman–Crippen LogP) is 4.87. The standard InChI is InChI=1S/C23H21F3N4O2S/c1-13-9-14(2)30(29-13)17-5-3-16(18(11-17)23(24,25)26)12-27-22(32)15-4-6-20-19(10-15)28-21(31)7-8-33-20/h3-6,9-11H,7-8,12H2,1-2H3,(H,27,32)(H,28,31). The van der Waals surface area contributed by atoms with Crippen molar-refractivity contribution in [3.05, 3.63) is 70.5 Å². The molecule has 3 aromatic rings. The Morgan fingerprint density at radius 2 is 1.97 bits per heavy atom. The van der Waals surface area contributed by atoms with Gasteiger partial charge in [-0.3, -0.25) is 9.59 Å². The highest BCUT2D eigenvalue weighted by Crippen LogP contribution is 2.34. The first-order valence-electron chi connectivity index (χ1n) is 10.2. The van der Waals surface area contributed by atoms with Gasteiger partial charge < -0.3 is 10.6 Å². The van der Waals surface area contributed by atoms with E-state index in [0.29, 0.717) is 29.2 Å². The second kappa shape index (κ2) is 8.93. The number of fused-ring (bicyclic) bond motifs is 1. The molecule has 0 spiro atoms. The van der Waals surface area contributed by atoms with Crippen LogP contribution in [0.1, 0.15) is 39.3 Å². The summed E-state index contributed by atoms with van der Waals surface area (Å²) in [5, 5.41) is 9.55. The Kier molecular flexibility index (Phi) is 6.20. The predicted molar refractivity (Wildman–Crippen MR) is 120 cm³/mol. The van der Waals surface area contributed by atoms with Crippen molar-refractivity contribution in [3.8, 4) is 5.69 Å². The average Bonchev–Trinajstić information content (AvgIpc) is 2.98. The van der Waals surface area contributed by atoms with E-state index in [2.05, 4.69) is 15.7 Å². The number of nitrogens with one attached hydrogen (secondary N) is 2. The van der Waals surface area contributed by atoms with Crippen LogP contribution in [0, 0.1) is 13.8 Å². The molecule has 0 atom stereocenters. The minimum atomic E-state index is -4.60. The van der Waals surface area contributed by atoms with Crippen molar-refractivity contribution < 1.29 is 22.8 Å². The third-order valence-electron chi connectivity index (χ3n) is 5.19. The van der Waals surface area contributed by atoms with Gasteiger partial charge in [0.15, 0.2) is 0 Å². The van der Waals surface area contributed by atoms with Crippen LogP contribution >= 0.6 is 11.8 Å². The molecule has 0 saturated carbocycles. The van der Waals surface area contributed by atoms with Gasteiger partial charge in [-0.1, -0.05) is 6.07 Å². The number of nitrogens with zero attached hydrogens (tertiary/aromatic N) is 2. The molecule has 6 nitrogen and oxygen atoms in total. The molecule has 1 aliphatic rings. The van der Waals surface area contributed by atoms with Crippen LogP contribution in [0.4, 0.5) is 18.9 Å². The first-order valence-corrected chi connectivity index (χ1v) is 11.2. The van der Waals surface area contributed by atoms with Crippen molar-refractivity contribution in [2.75, 3.05) is 11.1 Å². The van der Waals surface area contributed by atoms with Crippen LogP contribution in [0.15, 0.2) is 47.4 Å². The highest BCUT2D eigenvalue weighted by Gasteiger charge is 2.34. The summed E-state index contributed by atoms with van der Waals surface area (Å²) in [6, 6.07) is 10.6. The van der Waals surface area contributed by atoms with Crippen LogP contribution < -0.4 is 10.6 Å². The van der Waals surface area contributed by atoms with Gasteiger partial charge in [-0.05, 0) is 55.8 Å². The lowest BCUT2D eigenvalue weighted by Gasteiger charge is -2.16. The molecule has 172 valence electrons. The average molecular weight is 475 g/mol. The van der Waals surface area contributed by atoms with E-state index >= 15 is 0 Å². The monoisotopic (exact) mass is 474 g/mol. The van der Waals surface area contributed by atoms with Gasteiger partial charge in [0.2, 0.25) is 5.91 Å².